The van der Waals surface area contributed by atoms with E-state index >= 15 is 0 Å². The molecule has 0 aliphatic heterocycles. The van der Waals surface area contributed by atoms with Crippen molar-refractivity contribution in [2.45, 2.75) is 25.8 Å². The van der Waals surface area contributed by atoms with Crippen LogP contribution < -0.4 is 5.32 Å². The highest BCUT2D eigenvalue weighted by Gasteiger charge is 2.25. The van der Waals surface area contributed by atoms with E-state index in [4.69, 9.17) is 0 Å². The Labute approximate surface area is 116 Å². The van der Waals surface area contributed by atoms with Crippen LogP contribution in [-0.2, 0) is 6.54 Å². The molecule has 0 saturated heterocycles. The minimum atomic E-state index is -0.205. The van der Waals surface area contributed by atoms with Crippen LogP contribution in [0.3, 0.4) is 0 Å². The molecule has 2 nitrogen and oxygen atoms in total. The molecule has 0 amide bonds. The van der Waals surface area contributed by atoms with Crippen molar-refractivity contribution in [3.63, 3.8) is 0 Å². The van der Waals surface area contributed by atoms with Crippen LogP contribution in [0.15, 0.2) is 22.7 Å². The molecule has 1 aliphatic rings. The molecule has 0 bridgehead atoms. The summed E-state index contributed by atoms with van der Waals surface area (Å²) in [5.74, 6) is 0.792. The Morgan fingerprint density at radius 1 is 1.33 bits per heavy atom. The molecule has 2 atom stereocenters. The molecule has 4 heteroatoms. The number of aliphatic hydroxyl groups excluding tert-OH is 1. The summed E-state index contributed by atoms with van der Waals surface area (Å²) >= 11 is 3.42. The minimum absolute atomic E-state index is 0.205. The first kappa shape index (κ1) is 14.0. The number of aliphatic hydroxyl groups is 1. The van der Waals surface area contributed by atoms with E-state index in [1.807, 2.05) is 0 Å². The van der Waals surface area contributed by atoms with Gasteiger partial charge in [0, 0.05) is 17.6 Å². The quantitative estimate of drug-likeness (QED) is 0.875. The molecule has 1 fully saturated rings. The maximum absolute atomic E-state index is 13.1. The molecule has 18 heavy (non-hydrogen) atoms. The SMILES string of the molecule is OCC1CCCC1CNCc1cc(F)ccc1Br. The zero-order valence-corrected chi connectivity index (χ0v) is 11.9. The highest BCUT2D eigenvalue weighted by Crippen LogP contribution is 2.30. The van der Waals surface area contributed by atoms with Crippen molar-refractivity contribution < 1.29 is 9.50 Å². The zero-order valence-electron chi connectivity index (χ0n) is 10.3. The van der Waals surface area contributed by atoms with E-state index in [0.29, 0.717) is 18.4 Å². The van der Waals surface area contributed by atoms with Crippen LogP contribution >= 0.6 is 15.9 Å². The van der Waals surface area contributed by atoms with Gasteiger partial charge >= 0.3 is 0 Å². The third kappa shape index (κ3) is 3.53. The van der Waals surface area contributed by atoms with Crippen LogP contribution in [0.1, 0.15) is 24.8 Å². The summed E-state index contributed by atoms with van der Waals surface area (Å²) in [7, 11) is 0. The van der Waals surface area contributed by atoms with Crippen molar-refractivity contribution in [3.05, 3.63) is 34.1 Å². The molecule has 100 valence electrons. The number of hydrogen-bond donors (Lipinski definition) is 2. The fraction of sp³-hybridized carbons (Fsp3) is 0.571. The van der Waals surface area contributed by atoms with Gasteiger partial charge in [-0.2, -0.15) is 0 Å². The average molecular weight is 316 g/mol. The van der Waals surface area contributed by atoms with Gasteiger partial charge in [0.25, 0.3) is 0 Å². The lowest BCUT2D eigenvalue weighted by molar-refractivity contribution is 0.192. The van der Waals surface area contributed by atoms with Gasteiger partial charge in [0.05, 0.1) is 0 Å². The molecule has 2 unspecified atom stereocenters. The number of halogens is 2. The molecule has 1 aliphatic carbocycles. The van der Waals surface area contributed by atoms with E-state index < -0.39 is 0 Å². The summed E-state index contributed by atoms with van der Waals surface area (Å²) in [4.78, 5) is 0. The lowest BCUT2D eigenvalue weighted by atomic mass is 9.97. The van der Waals surface area contributed by atoms with Crippen LogP contribution in [0.25, 0.3) is 0 Å². The zero-order chi connectivity index (χ0) is 13.0. The van der Waals surface area contributed by atoms with Crippen molar-refractivity contribution in [2.24, 2.45) is 11.8 Å². The summed E-state index contributed by atoms with van der Waals surface area (Å²) in [5.41, 5.74) is 0.938. The average Bonchev–Trinajstić information content (AvgIpc) is 2.81. The van der Waals surface area contributed by atoms with Crippen molar-refractivity contribution in [3.8, 4) is 0 Å². The van der Waals surface area contributed by atoms with Gasteiger partial charge in [0.2, 0.25) is 0 Å². The van der Waals surface area contributed by atoms with Gasteiger partial charge in [-0.25, -0.2) is 4.39 Å². The van der Waals surface area contributed by atoms with Gasteiger partial charge < -0.3 is 10.4 Å². The molecule has 1 aromatic carbocycles. The van der Waals surface area contributed by atoms with E-state index in [-0.39, 0.29) is 12.4 Å². The smallest absolute Gasteiger partial charge is 0.123 e. The van der Waals surface area contributed by atoms with Gasteiger partial charge in [-0.3, -0.25) is 0 Å². The molecular weight excluding hydrogens is 297 g/mol. The largest absolute Gasteiger partial charge is 0.396 e. The van der Waals surface area contributed by atoms with E-state index in [0.717, 1.165) is 23.0 Å². The Hall–Kier alpha value is -0.450. The summed E-state index contributed by atoms with van der Waals surface area (Å²) in [5, 5.41) is 12.6. The predicted molar refractivity (Wildman–Crippen MR) is 73.7 cm³/mol. The van der Waals surface area contributed by atoms with Gasteiger partial charge in [0.1, 0.15) is 5.82 Å². The highest BCUT2D eigenvalue weighted by molar-refractivity contribution is 9.10. The topological polar surface area (TPSA) is 32.3 Å². The summed E-state index contributed by atoms with van der Waals surface area (Å²) in [6.45, 7) is 1.84. The van der Waals surface area contributed by atoms with E-state index in [1.54, 1.807) is 12.1 Å². The molecule has 0 radical (unpaired) electrons. The third-order valence-electron chi connectivity index (χ3n) is 3.78. The number of rotatable bonds is 5. The second-order valence-electron chi connectivity index (χ2n) is 5.00. The van der Waals surface area contributed by atoms with Crippen LogP contribution in [0, 0.1) is 17.7 Å². The molecule has 2 N–H and O–H groups in total. The predicted octanol–water partition coefficient (Wildman–Crippen LogP) is 3.09. The number of hydrogen-bond acceptors (Lipinski definition) is 2. The first-order chi connectivity index (χ1) is 8.70. The van der Waals surface area contributed by atoms with Crippen molar-refractivity contribution >= 4 is 15.9 Å². The third-order valence-corrected chi connectivity index (χ3v) is 4.55. The Balaban J connectivity index is 1.83. The lowest BCUT2D eigenvalue weighted by Gasteiger charge is -2.18. The standard InChI is InChI=1S/C14H19BrFNO/c15-14-5-4-13(16)6-12(14)8-17-7-10-2-1-3-11(10)9-18/h4-6,10-11,17-18H,1-3,7-9H2. The van der Waals surface area contributed by atoms with Gasteiger partial charge in [-0.15, -0.1) is 0 Å². The Morgan fingerprint density at radius 3 is 2.89 bits per heavy atom. The molecule has 1 saturated carbocycles. The van der Waals surface area contributed by atoms with Crippen LogP contribution in [0.2, 0.25) is 0 Å². The molecule has 0 heterocycles. The van der Waals surface area contributed by atoms with Crippen LogP contribution in [0.5, 0.6) is 0 Å². The fourth-order valence-corrected chi connectivity index (χ4v) is 3.08. The van der Waals surface area contributed by atoms with E-state index in [1.165, 1.54) is 18.9 Å². The van der Waals surface area contributed by atoms with Crippen LogP contribution in [0.4, 0.5) is 4.39 Å². The second kappa shape index (κ2) is 6.64. The number of nitrogens with one attached hydrogen (secondary N) is 1. The monoisotopic (exact) mass is 315 g/mol. The molecule has 2 rings (SSSR count). The Bertz CT molecular complexity index is 399. The Morgan fingerprint density at radius 2 is 2.11 bits per heavy atom. The van der Waals surface area contributed by atoms with Crippen LogP contribution in [-0.4, -0.2) is 18.3 Å². The Kier molecular flexibility index (Phi) is 5.15. The normalized spacial score (nSPS) is 23.5. The summed E-state index contributed by atoms with van der Waals surface area (Å²) < 4.78 is 14.0. The number of benzene rings is 1. The highest BCUT2D eigenvalue weighted by atomic mass is 79.9. The van der Waals surface area contributed by atoms with Crippen molar-refractivity contribution in [1.29, 1.82) is 0 Å². The van der Waals surface area contributed by atoms with Crippen molar-refractivity contribution in [1.82, 2.24) is 5.32 Å². The van der Waals surface area contributed by atoms with Gasteiger partial charge in [-0.05, 0) is 55.0 Å². The maximum atomic E-state index is 13.1. The lowest BCUT2D eigenvalue weighted by Crippen LogP contribution is -2.26. The van der Waals surface area contributed by atoms with Crippen molar-refractivity contribution in [2.75, 3.05) is 13.2 Å². The molecule has 0 aromatic heterocycles. The fourth-order valence-electron chi connectivity index (χ4n) is 2.69. The maximum Gasteiger partial charge on any atom is 0.123 e. The summed E-state index contributed by atoms with van der Waals surface area (Å²) in [6, 6.07) is 4.74. The molecule has 0 spiro atoms. The molecular formula is C14H19BrFNO. The van der Waals surface area contributed by atoms with E-state index in [2.05, 4.69) is 21.2 Å². The second-order valence-corrected chi connectivity index (χ2v) is 5.85. The molecule has 1 aromatic rings. The van der Waals surface area contributed by atoms with E-state index in [9.17, 15) is 9.50 Å². The van der Waals surface area contributed by atoms with Gasteiger partial charge in [-0.1, -0.05) is 22.4 Å². The first-order valence-corrected chi connectivity index (χ1v) is 7.25. The summed E-state index contributed by atoms with van der Waals surface area (Å²) in [6.07, 6.45) is 3.52. The minimum Gasteiger partial charge on any atom is -0.396 e. The first-order valence-electron chi connectivity index (χ1n) is 6.46. The van der Waals surface area contributed by atoms with Gasteiger partial charge in [0.15, 0.2) is 0 Å².